The molecular weight excluding hydrogens is 316 g/mol. The molecule has 0 aliphatic heterocycles. The Bertz CT molecular complexity index is 544. The number of nitrogens with zero attached hydrogens (tertiary/aromatic N) is 1. The average Bonchev–Trinajstić information content (AvgIpc) is 2.56. The van der Waals surface area contributed by atoms with Crippen LogP contribution in [-0.2, 0) is 16.1 Å². The first-order valence-electron chi connectivity index (χ1n) is 9.03. The molecule has 0 unspecified atom stereocenters. The molecule has 25 heavy (non-hydrogen) atoms. The zero-order valence-electron chi connectivity index (χ0n) is 15.9. The molecule has 0 fully saturated rings. The number of carbonyl (C=O) groups is 1. The molecule has 0 radical (unpaired) electrons. The number of amides is 1. The summed E-state index contributed by atoms with van der Waals surface area (Å²) in [5.74, 6) is 1.15. The number of guanidine groups is 1. The fourth-order valence-corrected chi connectivity index (χ4v) is 2.23. The molecule has 0 aliphatic rings. The van der Waals surface area contributed by atoms with E-state index in [1.165, 1.54) is 0 Å². The first kappa shape index (κ1) is 21.0. The third-order valence-electron chi connectivity index (χ3n) is 3.31. The highest BCUT2D eigenvalue weighted by Gasteiger charge is 2.05. The Hall–Kier alpha value is -2.08. The van der Waals surface area contributed by atoms with Crippen molar-refractivity contribution in [2.75, 3.05) is 31.6 Å². The lowest BCUT2D eigenvalue weighted by atomic mass is 10.1. The van der Waals surface area contributed by atoms with Crippen LogP contribution in [0.2, 0.25) is 0 Å². The molecule has 0 aliphatic carbocycles. The molecule has 0 aromatic heterocycles. The van der Waals surface area contributed by atoms with E-state index in [2.05, 4.69) is 20.9 Å². The summed E-state index contributed by atoms with van der Waals surface area (Å²) in [6.07, 6.45) is 0.525. The van der Waals surface area contributed by atoms with Crippen molar-refractivity contribution in [1.82, 2.24) is 10.6 Å². The lowest BCUT2D eigenvalue weighted by molar-refractivity contribution is -0.116. The van der Waals surface area contributed by atoms with E-state index in [1.54, 1.807) is 0 Å². The summed E-state index contributed by atoms with van der Waals surface area (Å²) in [7, 11) is 0. The average molecular weight is 348 g/mol. The van der Waals surface area contributed by atoms with Gasteiger partial charge in [-0.05, 0) is 37.5 Å². The summed E-state index contributed by atoms with van der Waals surface area (Å²) < 4.78 is 5.32. The fraction of sp³-hybridized carbons (Fsp3) is 0.579. The van der Waals surface area contributed by atoms with E-state index >= 15 is 0 Å². The SMILES string of the molecule is CCNC(=NCc1cccc(NC(=O)CC(C)C)c1)NCCOCC. The minimum absolute atomic E-state index is 0.0431. The second-order valence-corrected chi connectivity index (χ2v) is 6.17. The predicted molar refractivity (Wildman–Crippen MR) is 104 cm³/mol. The number of hydrogen-bond donors (Lipinski definition) is 3. The van der Waals surface area contributed by atoms with Crippen LogP contribution in [0.1, 0.15) is 39.7 Å². The van der Waals surface area contributed by atoms with E-state index in [1.807, 2.05) is 52.0 Å². The van der Waals surface area contributed by atoms with Gasteiger partial charge in [0, 0.05) is 31.8 Å². The molecule has 1 aromatic rings. The van der Waals surface area contributed by atoms with Crippen molar-refractivity contribution in [2.24, 2.45) is 10.9 Å². The van der Waals surface area contributed by atoms with Crippen LogP contribution in [0.15, 0.2) is 29.3 Å². The van der Waals surface area contributed by atoms with Gasteiger partial charge in [0.1, 0.15) is 0 Å². The maximum absolute atomic E-state index is 11.9. The third kappa shape index (κ3) is 9.72. The van der Waals surface area contributed by atoms with Gasteiger partial charge in [0.2, 0.25) is 5.91 Å². The topological polar surface area (TPSA) is 74.8 Å². The maximum Gasteiger partial charge on any atom is 0.224 e. The summed E-state index contributed by atoms with van der Waals surface area (Å²) in [6, 6.07) is 7.80. The number of benzene rings is 1. The summed E-state index contributed by atoms with van der Waals surface area (Å²) in [5.41, 5.74) is 1.86. The van der Waals surface area contributed by atoms with Gasteiger partial charge in [-0.25, -0.2) is 4.99 Å². The smallest absolute Gasteiger partial charge is 0.224 e. The molecule has 0 atom stereocenters. The second-order valence-electron chi connectivity index (χ2n) is 6.17. The number of aliphatic imine (C=N–C) groups is 1. The molecule has 3 N–H and O–H groups in total. The molecule has 0 heterocycles. The van der Waals surface area contributed by atoms with Crippen LogP contribution in [0.3, 0.4) is 0 Å². The first-order valence-corrected chi connectivity index (χ1v) is 9.03. The zero-order valence-corrected chi connectivity index (χ0v) is 15.9. The fourth-order valence-electron chi connectivity index (χ4n) is 2.23. The number of nitrogens with one attached hydrogen (secondary N) is 3. The predicted octanol–water partition coefficient (Wildman–Crippen LogP) is 2.76. The van der Waals surface area contributed by atoms with Crippen LogP contribution in [0.25, 0.3) is 0 Å². The van der Waals surface area contributed by atoms with Crippen molar-refractivity contribution in [3.8, 4) is 0 Å². The minimum Gasteiger partial charge on any atom is -0.380 e. The van der Waals surface area contributed by atoms with E-state index in [9.17, 15) is 4.79 Å². The molecular formula is C19H32N4O2. The van der Waals surface area contributed by atoms with E-state index in [4.69, 9.17) is 4.74 Å². The summed E-state index contributed by atoms with van der Waals surface area (Å²) >= 11 is 0. The molecule has 0 bridgehead atoms. The maximum atomic E-state index is 11.9. The molecule has 1 aromatic carbocycles. The Labute approximate surface area is 151 Å². The number of rotatable bonds is 10. The largest absolute Gasteiger partial charge is 0.380 e. The van der Waals surface area contributed by atoms with Crippen molar-refractivity contribution >= 4 is 17.6 Å². The van der Waals surface area contributed by atoms with E-state index < -0.39 is 0 Å². The standard InChI is InChI=1S/C19H32N4O2/c1-5-20-19(21-10-11-25-6-2)22-14-16-8-7-9-17(13-16)23-18(24)12-15(3)4/h7-9,13,15H,5-6,10-12,14H2,1-4H3,(H,23,24)(H2,20,21,22). The van der Waals surface area contributed by atoms with Gasteiger partial charge in [0.25, 0.3) is 0 Å². The number of hydrogen-bond acceptors (Lipinski definition) is 3. The van der Waals surface area contributed by atoms with Crippen LogP contribution < -0.4 is 16.0 Å². The van der Waals surface area contributed by atoms with Crippen LogP contribution in [0, 0.1) is 5.92 Å². The zero-order chi connectivity index (χ0) is 18.5. The summed E-state index contributed by atoms with van der Waals surface area (Å²) in [6.45, 7) is 11.5. The second kappa shape index (κ2) is 12.3. The molecule has 1 rings (SSSR count). The van der Waals surface area contributed by atoms with Gasteiger partial charge in [-0.1, -0.05) is 26.0 Å². The van der Waals surface area contributed by atoms with Gasteiger partial charge in [0.15, 0.2) is 5.96 Å². The Balaban J connectivity index is 2.60. The number of carbonyl (C=O) groups excluding carboxylic acids is 1. The third-order valence-corrected chi connectivity index (χ3v) is 3.31. The molecule has 0 spiro atoms. The molecule has 0 saturated carbocycles. The van der Waals surface area contributed by atoms with Gasteiger partial charge in [-0.15, -0.1) is 0 Å². The summed E-state index contributed by atoms with van der Waals surface area (Å²) in [5, 5.41) is 9.39. The van der Waals surface area contributed by atoms with Gasteiger partial charge < -0.3 is 20.7 Å². The quantitative estimate of drug-likeness (QED) is 0.345. The minimum atomic E-state index is 0.0431. The van der Waals surface area contributed by atoms with Crippen molar-refractivity contribution in [1.29, 1.82) is 0 Å². The Morgan fingerprint density at radius 3 is 2.72 bits per heavy atom. The molecule has 0 saturated heterocycles. The molecule has 6 nitrogen and oxygen atoms in total. The van der Waals surface area contributed by atoms with Crippen molar-refractivity contribution < 1.29 is 9.53 Å². The monoisotopic (exact) mass is 348 g/mol. The first-order chi connectivity index (χ1) is 12.0. The molecule has 6 heteroatoms. The summed E-state index contributed by atoms with van der Waals surface area (Å²) in [4.78, 5) is 16.5. The normalized spacial score (nSPS) is 11.5. The Kier molecular flexibility index (Phi) is 10.3. The lowest BCUT2D eigenvalue weighted by Gasteiger charge is -2.12. The highest BCUT2D eigenvalue weighted by Crippen LogP contribution is 2.13. The number of ether oxygens (including phenoxy) is 1. The van der Waals surface area contributed by atoms with Gasteiger partial charge in [0.05, 0.1) is 13.2 Å². The van der Waals surface area contributed by atoms with Gasteiger partial charge in [-0.2, -0.15) is 0 Å². The molecule has 140 valence electrons. The van der Waals surface area contributed by atoms with Crippen LogP contribution >= 0.6 is 0 Å². The number of anilines is 1. The van der Waals surface area contributed by atoms with E-state index in [0.717, 1.165) is 23.8 Å². The van der Waals surface area contributed by atoms with E-state index in [-0.39, 0.29) is 5.91 Å². The van der Waals surface area contributed by atoms with Crippen LogP contribution in [0.4, 0.5) is 5.69 Å². The van der Waals surface area contributed by atoms with Gasteiger partial charge in [-0.3, -0.25) is 4.79 Å². The Morgan fingerprint density at radius 1 is 1.24 bits per heavy atom. The molecule has 1 amide bonds. The van der Waals surface area contributed by atoms with E-state index in [0.29, 0.717) is 38.6 Å². The van der Waals surface area contributed by atoms with Crippen molar-refractivity contribution in [3.05, 3.63) is 29.8 Å². The Morgan fingerprint density at radius 2 is 2.04 bits per heavy atom. The van der Waals surface area contributed by atoms with Crippen LogP contribution in [0.5, 0.6) is 0 Å². The van der Waals surface area contributed by atoms with Gasteiger partial charge >= 0.3 is 0 Å². The van der Waals surface area contributed by atoms with Crippen molar-refractivity contribution in [2.45, 2.75) is 40.7 Å². The van der Waals surface area contributed by atoms with Crippen LogP contribution in [-0.4, -0.2) is 38.2 Å². The lowest BCUT2D eigenvalue weighted by Crippen LogP contribution is -2.39. The highest BCUT2D eigenvalue weighted by molar-refractivity contribution is 5.90. The van der Waals surface area contributed by atoms with Crippen molar-refractivity contribution in [3.63, 3.8) is 0 Å². The highest BCUT2D eigenvalue weighted by atomic mass is 16.5.